The normalized spacial score (nSPS) is 19.4. The SMILES string of the molecule is O=C(NCCO)C(=O)NC[C@@H]1OCCCN1S(=O)(=O)c1ccc2c(c1)OCCO2. The van der Waals surface area contributed by atoms with Crippen LogP contribution < -0.4 is 20.1 Å². The summed E-state index contributed by atoms with van der Waals surface area (Å²) in [6.45, 7) is 0.694. The monoisotopic (exact) mass is 429 g/mol. The van der Waals surface area contributed by atoms with Gasteiger partial charge in [0.15, 0.2) is 11.5 Å². The number of hydrogen-bond donors (Lipinski definition) is 3. The molecule has 2 heterocycles. The van der Waals surface area contributed by atoms with Gasteiger partial charge >= 0.3 is 11.8 Å². The summed E-state index contributed by atoms with van der Waals surface area (Å²) in [6.07, 6.45) is -0.470. The number of nitrogens with one attached hydrogen (secondary N) is 2. The van der Waals surface area contributed by atoms with Gasteiger partial charge in [0, 0.05) is 19.2 Å². The van der Waals surface area contributed by atoms with Crippen LogP contribution in [-0.2, 0) is 24.3 Å². The number of fused-ring (bicyclic) bond motifs is 1. The molecule has 0 aromatic heterocycles. The van der Waals surface area contributed by atoms with Crippen molar-refractivity contribution >= 4 is 21.8 Å². The highest BCUT2D eigenvalue weighted by molar-refractivity contribution is 7.89. The van der Waals surface area contributed by atoms with Gasteiger partial charge in [-0.25, -0.2) is 8.42 Å². The zero-order valence-electron chi connectivity index (χ0n) is 15.6. The van der Waals surface area contributed by atoms with Crippen molar-refractivity contribution in [1.82, 2.24) is 14.9 Å². The second kappa shape index (κ2) is 9.39. The van der Waals surface area contributed by atoms with Crippen LogP contribution >= 0.6 is 0 Å². The van der Waals surface area contributed by atoms with Gasteiger partial charge in [0.1, 0.15) is 19.4 Å². The molecule has 2 amide bonds. The Kier molecular flexibility index (Phi) is 6.90. The minimum absolute atomic E-state index is 0.0178. The summed E-state index contributed by atoms with van der Waals surface area (Å²) < 4.78 is 43.8. The van der Waals surface area contributed by atoms with E-state index in [1.165, 1.54) is 18.2 Å². The maximum Gasteiger partial charge on any atom is 0.309 e. The molecule has 0 unspecified atom stereocenters. The highest BCUT2D eigenvalue weighted by atomic mass is 32.2. The highest BCUT2D eigenvalue weighted by Crippen LogP contribution is 2.34. The van der Waals surface area contributed by atoms with Crippen molar-refractivity contribution in [3.8, 4) is 11.5 Å². The molecule has 12 heteroatoms. The summed E-state index contributed by atoms with van der Waals surface area (Å²) in [5.74, 6) is -1.04. The number of carbonyl (C=O) groups excluding carboxylic acids is 2. The predicted molar refractivity (Wildman–Crippen MR) is 98.8 cm³/mol. The van der Waals surface area contributed by atoms with Crippen LogP contribution in [-0.4, -0.2) is 81.9 Å². The van der Waals surface area contributed by atoms with E-state index in [0.29, 0.717) is 37.7 Å². The third-order valence-electron chi connectivity index (χ3n) is 4.32. The van der Waals surface area contributed by atoms with E-state index in [-0.39, 0.29) is 31.1 Å². The average Bonchev–Trinajstić information content (AvgIpc) is 2.75. The van der Waals surface area contributed by atoms with E-state index in [9.17, 15) is 18.0 Å². The Hall–Kier alpha value is -2.41. The third kappa shape index (κ3) is 4.96. The number of sulfonamides is 1. The van der Waals surface area contributed by atoms with Gasteiger partial charge in [-0.05, 0) is 18.6 Å². The van der Waals surface area contributed by atoms with Gasteiger partial charge in [-0.15, -0.1) is 0 Å². The van der Waals surface area contributed by atoms with Crippen LogP contribution in [0.15, 0.2) is 23.1 Å². The number of rotatable bonds is 6. The largest absolute Gasteiger partial charge is 0.486 e. The Morgan fingerprint density at radius 3 is 2.59 bits per heavy atom. The van der Waals surface area contributed by atoms with Gasteiger partial charge in [0.25, 0.3) is 0 Å². The van der Waals surface area contributed by atoms with E-state index in [1.807, 2.05) is 0 Å². The van der Waals surface area contributed by atoms with Gasteiger partial charge in [-0.3, -0.25) is 9.59 Å². The fourth-order valence-electron chi connectivity index (χ4n) is 2.93. The van der Waals surface area contributed by atoms with Crippen LogP contribution in [0.1, 0.15) is 6.42 Å². The van der Waals surface area contributed by atoms with Crippen molar-refractivity contribution in [1.29, 1.82) is 0 Å². The summed E-state index contributed by atoms with van der Waals surface area (Å²) >= 11 is 0. The lowest BCUT2D eigenvalue weighted by molar-refractivity contribution is -0.140. The molecule has 0 aliphatic carbocycles. The lowest BCUT2D eigenvalue weighted by atomic mass is 10.3. The first-order valence-corrected chi connectivity index (χ1v) is 10.6. The minimum atomic E-state index is -3.94. The van der Waals surface area contributed by atoms with Crippen molar-refractivity contribution in [2.75, 3.05) is 46.1 Å². The molecule has 1 aromatic carbocycles. The molecule has 0 bridgehead atoms. The summed E-state index contributed by atoms with van der Waals surface area (Å²) in [5, 5.41) is 13.3. The van der Waals surface area contributed by atoms with Crippen molar-refractivity contribution in [2.45, 2.75) is 17.5 Å². The fraction of sp³-hybridized carbons (Fsp3) is 0.529. The first-order valence-electron chi connectivity index (χ1n) is 9.13. The zero-order chi connectivity index (χ0) is 20.9. The van der Waals surface area contributed by atoms with E-state index >= 15 is 0 Å². The lowest BCUT2D eigenvalue weighted by Gasteiger charge is -2.34. The molecule has 3 rings (SSSR count). The Bertz CT molecular complexity index is 860. The number of aliphatic hydroxyl groups is 1. The topological polar surface area (TPSA) is 143 Å². The maximum absolute atomic E-state index is 13.1. The molecule has 2 aliphatic rings. The summed E-state index contributed by atoms with van der Waals surface area (Å²) in [4.78, 5) is 23.4. The van der Waals surface area contributed by atoms with Crippen molar-refractivity contribution < 1.29 is 37.3 Å². The number of aliphatic hydroxyl groups excluding tert-OH is 1. The Balaban J connectivity index is 1.71. The molecule has 1 fully saturated rings. The molecule has 3 N–H and O–H groups in total. The zero-order valence-corrected chi connectivity index (χ0v) is 16.4. The number of benzene rings is 1. The fourth-order valence-corrected chi connectivity index (χ4v) is 4.51. The molecular formula is C17H23N3O8S. The number of ether oxygens (including phenoxy) is 3. The molecule has 160 valence electrons. The van der Waals surface area contributed by atoms with Gasteiger partial charge < -0.3 is 30.0 Å². The number of hydrogen-bond acceptors (Lipinski definition) is 8. The summed E-state index contributed by atoms with van der Waals surface area (Å²) in [7, 11) is -3.94. The minimum Gasteiger partial charge on any atom is -0.486 e. The Morgan fingerprint density at radius 1 is 1.10 bits per heavy atom. The van der Waals surface area contributed by atoms with E-state index in [4.69, 9.17) is 19.3 Å². The Labute approximate surface area is 168 Å². The quantitative estimate of drug-likeness (QED) is 0.460. The van der Waals surface area contributed by atoms with Gasteiger partial charge in [-0.2, -0.15) is 4.31 Å². The van der Waals surface area contributed by atoms with Crippen molar-refractivity contribution in [3.63, 3.8) is 0 Å². The van der Waals surface area contributed by atoms with Crippen LogP contribution in [0.2, 0.25) is 0 Å². The molecule has 1 aromatic rings. The number of amides is 2. The molecule has 1 atom stereocenters. The Morgan fingerprint density at radius 2 is 1.83 bits per heavy atom. The van der Waals surface area contributed by atoms with Crippen molar-refractivity contribution in [3.05, 3.63) is 18.2 Å². The molecule has 0 spiro atoms. The molecule has 29 heavy (non-hydrogen) atoms. The molecule has 2 aliphatic heterocycles. The predicted octanol–water partition coefficient (Wildman–Crippen LogP) is -1.58. The maximum atomic E-state index is 13.1. The van der Waals surface area contributed by atoms with E-state index in [1.54, 1.807) is 0 Å². The average molecular weight is 429 g/mol. The smallest absolute Gasteiger partial charge is 0.309 e. The van der Waals surface area contributed by atoms with E-state index < -0.39 is 28.1 Å². The second-order valence-corrected chi connectivity index (χ2v) is 8.18. The number of carbonyl (C=O) groups is 2. The molecule has 11 nitrogen and oxygen atoms in total. The molecule has 0 radical (unpaired) electrons. The molecular weight excluding hydrogens is 406 g/mol. The van der Waals surface area contributed by atoms with Gasteiger partial charge in [0.2, 0.25) is 10.0 Å². The first kappa shape index (κ1) is 21.3. The summed E-state index contributed by atoms with van der Waals surface area (Å²) in [6, 6.07) is 4.36. The van der Waals surface area contributed by atoms with Crippen LogP contribution in [0, 0.1) is 0 Å². The first-order chi connectivity index (χ1) is 13.9. The van der Waals surface area contributed by atoms with Crippen LogP contribution in [0.3, 0.4) is 0 Å². The molecule has 0 saturated carbocycles. The van der Waals surface area contributed by atoms with Crippen LogP contribution in [0.5, 0.6) is 11.5 Å². The summed E-state index contributed by atoms with van der Waals surface area (Å²) in [5.41, 5.74) is 0. The van der Waals surface area contributed by atoms with Gasteiger partial charge in [0.05, 0.1) is 24.7 Å². The van der Waals surface area contributed by atoms with E-state index in [0.717, 1.165) is 4.31 Å². The van der Waals surface area contributed by atoms with Crippen molar-refractivity contribution in [2.24, 2.45) is 0 Å². The highest BCUT2D eigenvalue weighted by Gasteiger charge is 2.35. The second-order valence-electron chi connectivity index (χ2n) is 6.29. The standard InChI is InChI=1S/C17H23N3O8S/c21-6-4-18-16(22)17(23)19-11-15-20(5-1-7-28-15)29(24,25)12-2-3-13-14(10-12)27-9-8-26-13/h2-3,10,15,21H,1,4-9,11H2,(H,18,22)(H,19,23)/t15-/m0/s1. The van der Waals surface area contributed by atoms with Gasteiger partial charge in [-0.1, -0.05) is 0 Å². The molecule has 1 saturated heterocycles. The lowest BCUT2D eigenvalue weighted by Crippen LogP contribution is -2.53. The van der Waals surface area contributed by atoms with E-state index in [2.05, 4.69) is 10.6 Å². The number of nitrogens with zero attached hydrogens (tertiary/aromatic N) is 1. The van der Waals surface area contributed by atoms with Crippen LogP contribution in [0.4, 0.5) is 0 Å². The third-order valence-corrected chi connectivity index (χ3v) is 6.20. The van der Waals surface area contributed by atoms with Crippen LogP contribution in [0.25, 0.3) is 0 Å².